The molecular formula is C59H38N2O. The Morgan fingerprint density at radius 1 is 0.274 bits per heavy atom. The van der Waals surface area contributed by atoms with E-state index >= 15 is 0 Å². The molecule has 1 aliphatic carbocycles. The van der Waals surface area contributed by atoms with Crippen molar-refractivity contribution >= 4 is 0 Å². The molecule has 1 aromatic heterocycles. The Bertz CT molecular complexity index is 3150. The van der Waals surface area contributed by atoms with Crippen LogP contribution in [0.1, 0.15) is 22.3 Å². The minimum Gasteiger partial charge on any atom is -0.457 e. The summed E-state index contributed by atoms with van der Waals surface area (Å²) in [5.41, 5.74) is 18.5. The van der Waals surface area contributed by atoms with Gasteiger partial charge in [0, 0.05) is 27.8 Å². The quantitative estimate of drug-likeness (QED) is 0.168. The number of aromatic nitrogens is 2. The smallest absolute Gasteiger partial charge is 0.160 e. The Morgan fingerprint density at radius 3 is 1.29 bits per heavy atom. The van der Waals surface area contributed by atoms with Crippen LogP contribution in [0.15, 0.2) is 231 Å². The molecule has 0 atom stereocenters. The average Bonchev–Trinajstić information content (AvgIpc) is 3.65. The van der Waals surface area contributed by atoms with Crippen molar-refractivity contribution in [2.45, 2.75) is 5.41 Å². The number of para-hydroxylation sites is 1. The molecule has 0 bridgehead atoms. The van der Waals surface area contributed by atoms with Gasteiger partial charge in [-0.15, -0.1) is 0 Å². The van der Waals surface area contributed by atoms with Crippen molar-refractivity contribution in [3.8, 4) is 89.9 Å². The third-order valence-electron chi connectivity index (χ3n) is 12.6. The van der Waals surface area contributed by atoms with Gasteiger partial charge in [0.15, 0.2) is 5.82 Å². The highest BCUT2D eigenvalue weighted by Crippen LogP contribution is 2.62. The largest absolute Gasteiger partial charge is 0.457 e. The van der Waals surface area contributed by atoms with Gasteiger partial charge in [0.05, 0.1) is 16.8 Å². The van der Waals surface area contributed by atoms with Crippen LogP contribution in [0, 0.1) is 0 Å². The zero-order chi connectivity index (χ0) is 41.0. The first-order valence-corrected chi connectivity index (χ1v) is 21.1. The van der Waals surface area contributed by atoms with Crippen LogP contribution in [-0.2, 0) is 5.41 Å². The Kier molecular flexibility index (Phi) is 8.39. The summed E-state index contributed by atoms with van der Waals surface area (Å²) in [4.78, 5) is 10.5. The average molecular weight is 791 g/mol. The molecule has 0 unspecified atom stereocenters. The highest BCUT2D eigenvalue weighted by Gasteiger charge is 2.50. The first-order chi connectivity index (χ1) is 30.7. The van der Waals surface area contributed by atoms with E-state index in [-0.39, 0.29) is 0 Å². The SMILES string of the molecule is c1ccc(-c2ccc(-c3cc(-c4ccc(-c5ccccc5)cc4)nc(-c4cccc(-c5ccc6c(c5)Oc5ccccc5C65c6ccccc6-c6ccccc65)c4)n3)cc2)cc1. The maximum Gasteiger partial charge on any atom is 0.160 e. The van der Waals surface area contributed by atoms with Gasteiger partial charge in [-0.1, -0.05) is 206 Å². The highest BCUT2D eigenvalue weighted by molar-refractivity contribution is 5.89. The molecule has 2 heterocycles. The fraction of sp³-hybridized carbons (Fsp3) is 0.0169. The zero-order valence-electron chi connectivity index (χ0n) is 33.7. The van der Waals surface area contributed by atoms with Gasteiger partial charge in [0.2, 0.25) is 0 Å². The lowest BCUT2D eigenvalue weighted by Gasteiger charge is -2.39. The lowest BCUT2D eigenvalue weighted by molar-refractivity contribution is 0.436. The van der Waals surface area contributed by atoms with Crippen molar-refractivity contribution in [1.82, 2.24) is 9.97 Å². The van der Waals surface area contributed by atoms with Crippen molar-refractivity contribution in [2.24, 2.45) is 0 Å². The molecule has 290 valence electrons. The minimum absolute atomic E-state index is 0.499. The van der Waals surface area contributed by atoms with Crippen molar-refractivity contribution in [3.05, 3.63) is 253 Å². The molecule has 9 aromatic carbocycles. The van der Waals surface area contributed by atoms with Crippen LogP contribution < -0.4 is 4.74 Å². The molecule has 62 heavy (non-hydrogen) atoms. The first kappa shape index (κ1) is 35.8. The molecule has 0 saturated carbocycles. The third-order valence-corrected chi connectivity index (χ3v) is 12.6. The second-order valence-electron chi connectivity index (χ2n) is 16.1. The number of fused-ring (bicyclic) bond motifs is 9. The summed E-state index contributed by atoms with van der Waals surface area (Å²) >= 11 is 0. The van der Waals surface area contributed by atoms with E-state index in [4.69, 9.17) is 14.7 Å². The summed E-state index contributed by atoms with van der Waals surface area (Å²) in [5.74, 6) is 2.40. The van der Waals surface area contributed by atoms with Gasteiger partial charge in [-0.3, -0.25) is 0 Å². The Balaban J connectivity index is 0.965. The normalized spacial score (nSPS) is 12.8. The van der Waals surface area contributed by atoms with E-state index in [1.807, 2.05) is 12.1 Å². The molecule has 3 nitrogen and oxygen atoms in total. The standard InChI is InChI=1S/C59H38N2O/c1-3-14-39(15-4-1)41-26-30-43(31-27-41)54-38-55(44-32-28-42(29-33-44)40-16-5-2-6-17-40)61-58(60-54)47-19-13-18-45(36-47)46-34-35-53-57(37-46)62-56-25-12-11-24-52(56)59(53)50-22-9-7-20-48(50)49-21-8-10-23-51(49)59/h1-38H. The van der Waals surface area contributed by atoms with Gasteiger partial charge < -0.3 is 4.74 Å². The topological polar surface area (TPSA) is 35.0 Å². The predicted molar refractivity (Wildman–Crippen MR) is 252 cm³/mol. The van der Waals surface area contributed by atoms with E-state index in [9.17, 15) is 0 Å². The lowest BCUT2D eigenvalue weighted by Crippen LogP contribution is -2.32. The van der Waals surface area contributed by atoms with Gasteiger partial charge in [-0.25, -0.2) is 9.97 Å². The first-order valence-electron chi connectivity index (χ1n) is 21.1. The Labute approximate surface area is 361 Å². The number of benzene rings is 9. The summed E-state index contributed by atoms with van der Waals surface area (Å²) in [6, 6.07) is 81.9. The van der Waals surface area contributed by atoms with Crippen LogP contribution >= 0.6 is 0 Å². The number of hydrogen-bond acceptors (Lipinski definition) is 3. The minimum atomic E-state index is -0.499. The molecule has 12 rings (SSSR count). The summed E-state index contributed by atoms with van der Waals surface area (Å²) < 4.78 is 6.85. The molecule has 0 saturated heterocycles. The van der Waals surface area contributed by atoms with Gasteiger partial charge in [-0.2, -0.15) is 0 Å². The number of rotatable bonds is 6. The van der Waals surface area contributed by atoms with E-state index in [0.717, 1.165) is 73.0 Å². The third kappa shape index (κ3) is 5.82. The van der Waals surface area contributed by atoms with Crippen LogP contribution in [-0.4, -0.2) is 9.97 Å². The molecule has 0 radical (unpaired) electrons. The number of ether oxygens (including phenoxy) is 1. The summed E-state index contributed by atoms with van der Waals surface area (Å²) in [7, 11) is 0. The van der Waals surface area contributed by atoms with Crippen LogP contribution in [0.4, 0.5) is 0 Å². The van der Waals surface area contributed by atoms with E-state index in [0.29, 0.717) is 5.82 Å². The summed E-state index contributed by atoms with van der Waals surface area (Å²) in [6.07, 6.45) is 0. The van der Waals surface area contributed by atoms with Gasteiger partial charge >= 0.3 is 0 Å². The molecule has 2 aliphatic rings. The predicted octanol–water partition coefficient (Wildman–Crippen LogP) is 14.9. The van der Waals surface area contributed by atoms with Crippen molar-refractivity contribution in [3.63, 3.8) is 0 Å². The fourth-order valence-corrected chi connectivity index (χ4v) is 9.68. The van der Waals surface area contributed by atoms with Gasteiger partial charge in [0.1, 0.15) is 11.5 Å². The molecule has 1 aliphatic heterocycles. The lowest BCUT2D eigenvalue weighted by atomic mass is 9.66. The summed E-state index contributed by atoms with van der Waals surface area (Å²) in [5, 5.41) is 0. The molecular weight excluding hydrogens is 753 g/mol. The highest BCUT2D eigenvalue weighted by atomic mass is 16.5. The Morgan fingerprint density at radius 2 is 0.694 bits per heavy atom. The summed E-state index contributed by atoms with van der Waals surface area (Å²) in [6.45, 7) is 0. The van der Waals surface area contributed by atoms with Crippen molar-refractivity contribution < 1.29 is 4.74 Å². The van der Waals surface area contributed by atoms with Crippen LogP contribution in [0.2, 0.25) is 0 Å². The van der Waals surface area contributed by atoms with E-state index in [1.165, 1.54) is 33.4 Å². The van der Waals surface area contributed by atoms with Crippen LogP contribution in [0.3, 0.4) is 0 Å². The van der Waals surface area contributed by atoms with E-state index in [2.05, 4.69) is 218 Å². The maximum absolute atomic E-state index is 6.85. The van der Waals surface area contributed by atoms with Crippen LogP contribution in [0.5, 0.6) is 11.5 Å². The second-order valence-corrected chi connectivity index (χ2v) is 16.1. The monoisotopic (exact) mass is 790 g/mol. The molecule has 3 heteroatoms. The van der Waals surface area contributed by atoms with E-state index < -0.39 is 5.41 Å². The molecule has 0 N–H and O–H groups in total. The van der Waals surface area contributed by atoms with Crippen molar-refractivity contribution in [2.75, 3.05) is 0 Å². The van der Waals surface area contributed by atoms with Gasteiger partial charge in [-0.05, 0) is 79.9 Å². The van der Waals surface area contributed by atoms with E-state index in [1.54, 1.807) is 0 Å². The van der Waals surface area contributed by atoms with Crippen LogP contribution in [0.25, 0.3) is 78.4 Å². The molecule has 0 amide bonds. The second kappa shape index (κ2) is 14.5. The molecule has 10 aromatic rings. The van der Waals surface area contributed by atoms with Crippen molar-refractivity contribution in [1.29, 1.82) is 0 Å². The fourth-order valence-electron chi connectivity index (χ4n) is 9.68. The molecule has 0 fully saturated rings. The Hall–Kier alpha value is -8.14. The molecule has 1 spiro atoms. The number of nitrogens with zero attached hydrogens (tertiary/aromatic N) is 2. The zero-order valence-corrected chi connectivity index (χ0v) is 33.7. The number of hydrogen-bond donors (Lipinski definition) is 0. The van der Waals surface area contributed by atoms with Gasteiger partial charge in [0.25, 0.3) is 0 Å². The maximum atomic E-state index is 6.85.